The second-order valence-corrected chi connectivity index (χ2v) is 10.4. The number of benzene rings is 2. The predicted octanol–water partition coefficient (Wildman–Crippen LogP) is 5.78. The van der Waals surface area contributed by atoms with E-state index in [1.165, 1.54) is 12.5 Å². The van der Waals surface area contributed by atoms with Crippen molar-refractivity contribution >= 4 is 45.7 Å². The first-order chi connectivity index (χ1) is 18.9. The summed E-state index contributed by atoms with van der Waals surface area (Å²) in [6, 6.07) is 10.4. The van der Waals surface area contributed by atoms with Crippen molar-refractivity contribution in [1.29, 1.82) is 0 Å². The predicted molar refractivity (Wildman–Crippen MR) is 154 cm³/mol. The van der Waals surface area contributed by atoms with Gasteiger partial charge in [-0.15, -0.1) is 0 Å². The molecule has 0 unspecified atom stereocenters. The van der Waals surface area contributed by atoms with Crippen molar-refractivity contribution in [3.8, 4) is 11.3 Å². The van der Waals surface area contributed by atoms with E-state index in [2.05, 4.69) is 30.4 Å². The van der Waals surface area contributed by atoms with E-state index >= 15 is 4.39 Å². The minimum atomic E-state index is -0.444. The van der Waals surface area contributed by atoms with Crippen LogP contribution in [-0.4, -0.2) is 64.6 Å². The number of nitrogens with zero attached hydrogens (tertiary/aromatic N) is 5. The third-order valence-corrected chi connectivity index (χ3v) is 6.97. The van der Waals surface area contributed by atoms with Crippen LogP contribution in [0.4, 0.5) is 21.7 Å². The summed E-state index contributed by atoms with van der Waals surface area (Å²) >= 11 is 6.53. The number of allylic oxidation sites excluding steroid dienone is 1. The third-order valence-electron chi connectivity index (χ3n) is 6.65. The summed E-state index contributed by atoms with van der Waals surface area (Å²) in [7, 11) is 3.87. The smallest absolute Gasteiger partial charge is 0.229 e. The number of nitrogens with one attached hydrogen (secondary N) is 2. The van der Waals surface area contributed by atoms with Crippen molar-refractivity contribution < 1.29 is 9.18 Å². The number of halogens is 2. The number of fused-ring (bicyclic) bond motifs is 1. The molecule has 2 N–H and O–H groups in total. The van der Waals surface area contributed by atoms with Crippen LogP contribution in [0, 0.1) is 5.82 Å². The molecule has 10 heteroatoms. The number of ketones is 1. The Balaban J connectivity index is 1.45. The third kappa shape index (κ3) is 6.43. The largest absolute Gasteiger partial charge is 0.370 e. The van der Waals surface area contributed by atoms with Crippen molar-refractivity contribution in [3.05, 3.63) is 71.2 Å². The number of rotatable bonds is 9. The zero-order chi connectivity index (χ0) is 27.4. The molecule has 0 amide bonds. The van der Waals surface area contributed by atoms with Crippen molar-refractivity contribution in [2.75, 3.05) is 43.9 Å². The highest BCUT2D eigenvalue weighted by atomic mass is 35.5. The Morgan fingerprint density at radius 1 is 1.15 bits per heavy atom. The Kier molecular flexibility index (Phi) is 8.18. The lowest BCUT2D eigenvalue weighted by Gasteiger charge is -2.30. The van der Waals surface area contributed by atoms with Gasteiger partial charge in [0.15, 0.2) is 11.4 Å². The average molecular weight is 548 g/mol. The van der Waals surface area contributed by atoms with Gasteiger partial charge in [-0.05, 0) is 75.3 Å². The number of H-pyrrole nitrogens is 1. The molecule has 3 heterocycles. The number of anilines is 3. The highest BCUT2D eigenvalue weighted by molar-refractivity contribution is 6.33. The maximum absolute atomic E-state index is 15.1. The van der Waals surface area contributed by atoms with Gasteiger partial charge in [0.2, 0.25) is 5.95 Å². The van der Waals surface area contributed by atoms with E-state index < -0.39 is 5.82 Å². The van der Waals surface area contributed by atoms with Crippen molar-refractivity contribution in [3.63, 3.8) is 0 Å². The normalized spacial score (nSPS) is 14.0. The van der Waals surface area contributed by atoms with Crippen LogP contribution in [0.5, 0.6) is 0 Å². The quantitative estimate of drug-likeness (QED) is 0.257. The molecular formula is C29H31ClFN7O. The van der Waals surface area contributed by atoms with Crippen molar-refractivity contribution in [2.24, 2.45) is 0 Å². The van der Waals surface area contributed by atoms with Gasteiger partial charge < -0.3 is 15.1 Å². The van der Waals surface area contributed by atoms with Crippen molar-refractivity contribution in [1.82, 2.24) is 25.1 Å². The Bertz CT molecular complexity index is 1510. The zero-order valence-corrected chi connectivity index (χ0v) is 22.8. The Morgan fingerprint density at radius 3 is 2.77 bits per heavy atom. The van der Waals surface area contributed by atoms with Crippen LogP contribution >= 0.6 is 11.6 Å². The molecule has 202 valence electrons. The first-order valence-electron chi connectivity index (χ1n) is 13.0. The molecule has 2 aromatic carbocycles. The molecule has 1 fully saturated rings. The van der Waals surface area contributed by atoms with E-state index in [1.54, 1.807) is 24.4 Å². The first kappa shape index (κ1) is 26.8. The fourth-order valence-corrected chi connectivity index (χ4v) is 4.95. The molecule has 8 nitrogen and oxygen atoms in total. The minimum Gasteiger partial charge on any atom is -0.370 e. The van der Waals surface area contributed by atoms with Gasteiger partial charge in [-0.25, -0.2) is 9.37 Å². The molecule has 2 aromatic heterocycles. The summed E-state index contributed by atoms with van der Waals surface area (Å²) in [6.45, 7) is 2.60. The van der Waals surface area contributed by atoms with Crippen LogP contribution in [0.1, 0.15) is 24.8 Å². The molecule has 0 spiro atoms. The highest BCUT2D eigenvalue weighted by Gasteiger charge is 2.18. The second kappa shape index (κ2) is 11.9. The average Bonchev–Trinajstić information content (AvgIpc) is 3.39. The molecule has 0 radical (unpaired) electrons. The van der Waals surface area contributed by atoms with Crippen LogP contribution in [-0.2, 0) is 11.2 Å². The summed E-state index contributed by atoms with van der Waals surface area (Å²) in [6.07, 6.45) is 8.62. The molecular weight excluding hydrogens is 517 g/mol. The highest BCUT2D eigenvalue weighted by Crippen LogP contribution is 2.33. The number of hydrogen-bond donors (Lipinski definition) is 2. The topological polar surface area (TPSA) is 90.0 Å². The summed E-state index contributed by atoms with van der Waals surface area (Å²) < 4.78 is 15.1. The van der Waals surface area contributed by atoms with E-state index in [0.717, 1.165) is 37.3 Å². The monoisotopic (exact) mass is 547 g/mol. The second-order valence-electron chi connectivity index (χ2n) is 9.99. The zero-order valence-electron chi connectivity index (χ0n) is 22.0. The molecule has 0 saturated carbocycles. The molecule has 0 bridgehead atoms. The van der Waals surface area contributed by atoms with Gasteiger partial charge in [-0.1, -0.05) is 23.7 Å². The number of piperidine rings is 1. The van der Waals surface area contributed by atoms with Gasteiger partial charge in [0.25, 0.3) is 0 Å². The van der Waals surface area contributed by atoms with Gasteiger partial charge >= 0.3 is 0 Å². The fraction of sp³-hybridized carbons (Fsp3) is 0.310. The minimum absolute atomic E-state index is 0.0554. The molecule has 0 aliphatic carbocycles. The molecule has 1 aliphatic heterocycles. The van der Waals surface area contributed by atoms with Crippen LogP contribution in [0.2, 0.25) is 5.02 Å². The molecule has 4 aromatic rings. The standard InChI is InChI=1S/C29H31ClFN7O/c1-37(2)12-6-7-21(39)15-19-8-11-25(31)22(16-19)27-23-18-32-36-28(23)35-29(34-27)33-20-9-10-24(30)26(17-20)38-13-4-3-5-14-38/h6-11,16-18H,3-5,12-15H2,1-2H3,(H2,32,33,34,35,36)/b7-6+. The number of hydrogen-bond acceptors (Lipinski definition) is 7. The van der Waals surface area contributed by atoms with Gasteiger partial charge in [0, 0.05) is 37.3 Å². The molecule has 39 heavy (non-hydrogen) atoms. The molecule has 1 aliphatic rings. The van der Waals surface area contributed by atoms with E-state index in [-0.39, 0.29) is 17.8 Å². The first-order valence-corrected chi connectivity index (χ1v) is 13.4. The maximum atomic E-state index is 15.1. The van der Waals surface area contributed by atoms with Crippen molar-refractivity contribution in [2.45, 2.75) is 25.7 Å². The van der Waals surface area contributed by atoms with E-state index in [0.29, 0.717) is 39.8 Å². The van der Waals surface area contributed by atoms with Crippen LogP contribution in [0.15, 0.2) is 54.7 Å². The van der Waals surface area contributed by atoms with Gasteiger partial charge in [0.05, 0.1) is 28.0 Å². The fourth-order valence-electron chi connectivity index (χ4n) is 4.71. The number of likely N-dealkylation sites (N-methyl/N-ethyl adjacent to an activating group) is 1. The Hall–Kier alpha value is -3.82. The molecule has 5 rings (SSSR count). The van der Waals surface area contributed by atoms with E-state index in [9.17, 15) is 4.79 Å². The lowest BCUT2D eigenvalue weighted by molar-refractivity contribution is -0.114. The summed E-state index contributed by atoms with van der Waals surface area (Å²) in [5.74, 6) is -0.207. The summed E-state index contributed by atoms with van der Waals surface area (Å²) in [5.41, 5.74) is 3.57. The van der Waals surface area contributed by atoms with Gasteiger partial charge in [-0.2, -0.15) is 10.1 Å². The summed E-state index contributed by atoms with van der Waals surface area (Å²) in [5, 5.41) is 11.5. The molecule has 0 atom stereocenters. The number of carbonyl (C=O) groups is 1. The maximum Gasteiger partial charge on any atom is 0.229 e. The Labute approximate surface area is 231 Å². The number of aromatic nitrogens is 4. The summed E-state index contributed by atoms with van der Waals surface area (Å²) in [4.78, 5) is 25.9. The van der Waals surface area contributed by atoms with Crippen LogP contribution < -0.4 is 10.2 Å². The van der Waals surface area contributed by atoms with Gasteiger partial charge in [0.1, 0.15) is 5.82 Å². The van der Waals surface area contributed by atoms with Crippen LogP contribution in [0.25, 0.3) is 22.3 Å². The lowest BCUT2D eigenvalue weighted by Crippen LogP contribution is -2.29. The van der Waals surface area contributed by atoms with Gasteiger partial charge in [-0.3, -0.25) is 9.89 Å². The SMILES string of the molecule is CN(C)C/C=C/C(=O)Cc1ccc(F)c(-c2nc(Nc3ccc(Cl)c(N4CCCCC4)c3)nc3[nH]ncc23)c1. The molecule has 1 saturated heterocycles. The lowest BCUT2D eigenvalue weighted by atomic mass is 10.0. The Morgan fingerprint density at radius 2 is 1.97 bits per heavy atom. The van der Waals surface area contributed by atoms with Crippen LogP contribution in [0.3, 0.4) is 0 Å². The van der Waals surface area contributed by atoms with E-state index in [4.69, 9.17) is 11.6 Å². The number of aromatic amines is 1. The van der Waals surface area contributed by atoms with E-state index in [1.807, 2.05) is 43.3 Å². The number of carbonyl (C=O) groups excluding carboxylic acids is 1.